The molecule has 2 heterocycles. The van der Waals surface area contributed by atoms with Crippen LogP contribution >= 0.6 is 11.3 Å². The molecule has 2 N–H and O–H groups in total. The van der Waals surface area contributed by atoms with Crippen LogP contribution in [-0.4, -0.2) is 15.7 Å². The maximum absolute atomic E-state index is 5.95. The molecule has 5 heteroatoms. The van der Waals surface area contributed by atoms with Crippen molar-refractivity contribution < 1.29 is 9.89 Å². The lowest BCUT2D eigenvalue weighted by atomic mass is 9.97. The van der Waals surface area contributed by atoms with Gasteiger partial charge in [0.1, 0.15) is 0 Å². The highest BCUT2D eigenvalue weighted by atomic mass is 32.1. The summed E-state index contributed by atoms with van der Waals surface area (Å²) in [6.07, 6.45) is 0.927. The molecule has 4 nitrogen and oxygen atoms in total. The predicted molar refractivity (Wildman–Crippen MR) is 93.5 cm³/mol. The number of benzene rings is 2. The first-order valence-electron chi connectivity index (χ1n) is 7.25. The van der Waals surface area contributed by atoms with Crippen molar-refractivity contribution in [1.29, 1.82) is 0 Å². The predicted octanol–water partition coefficient (Wildman–Crippen LogP) is 4.36. The van der Waals surface area contributed by atoms with E-state index >= 15 is 0 Å². The van der Waals surface area contributed by atoms with Gasteiger partial charge in [-0.2, -0.15) is 0 Å². The van der Waals surface area contributed by atoms with E-state index in [1.165, 1.54) is 10.9 Å². The van der Waals surface area contributed by atoms with E-state index in [2.05, 4.69) is 41.4 Å². The molecule has 116 valence electrons. The first kappa shape index (κ1) is 15.4. The average molecular weight is 324 g/mol. The fourth-order valence-electron chi connectivity index (χ4n) is 2.69. The minimum Gasteiger partial charge on any atom is -0.415 e. The third-order valence-electron chi connectivity index (χ3n) is 3.77. The van der Waals surface area contributed by atoms with E-state index in [0.717, 1.165) is 22.2 Å². The van der Waals surface area contributed by atoms with Gasteiger partial charge in [-0.25, -0.2) is 0 Å². The van der Waals surface area contributed by atoms with Crippen LogP contribution in [0.2, 0.25) is 0 Å². The Hall–Kier alpha value is -2.50. The third kappa shape index (κ3) is 2.65. The van der Waals surface area contributed by atoms with Crippen molar-refractivity contribution in [3.8, 4) is 22.2 Å². The van der Waals surface area contributed by atoms with Gasteiger partial charge in [0.05, 0.1) is 4.88 Å². The van der Waals surface area contributed by atoms with Crippen molar-refractivity contribution >= 4 is 22.1 Å². The molecule has 0 saturated carbocycles. The second-order valence-corrected chi connectivity index (χ2v) is 6.01. The Morgan fingerprint density at radius 3 is 2.57 bits per heavy atom. The molecule has 0 atom stereocenters. The second kappa shape index (κ2) is 6.32. The van der Waals surface area contributed by atoms with Crippen molar-refractivity contribution in [2.24, 2.45) is 0 Å². The highest BCUT2D eigenvalue weighted by molar-refractivity contribution is 7.13. The highest BCUT2D eigenvalue weighted by Crippen LogP contribution is 2.34. The summed E-state index contributed by atoms with van der Waals surface area (Å²) in [4.78, 5) is 0.997. The van der Waals surface area contributed by atoms with Gasteiger partial charge in [-0.3, -0.25) is 0 Å². The SMILES string of the molecule is CCc1ccc2ccccc2c1-c1nnc(-c2cccs2)o1.O. The fourth-order valence-corrected chi connectivity index (χ4v) is 3.33. The molecule has 0 spiro atoms. The van der Waals surface area contributed by atoms with E-state index in [0.29, 0.717) is 11.8 Å². The van der Waals surface area contributed by atoms with Crippen LogP contribution in [0, 0.1) is 0 Å². The van der Waals surface area contributed by atoms with Gasteiger partial charge < -0.3 is 9.89 Å². The maximum atomic E-state index is 5.95. The highest BCUT2D eigenvalue weighted by Gasteiger charge is 2.16. The van der Waals surface area contributed by atoms with Gasteiger partial charge in [0, 0.05) is 5.56 Å². The lowest BCUT2D eigenvalue weighted by Crippen LogP contribution is -1.90. The van der Waals surface area contributed by atoms with E-state index in [4.69, 9.17) is 4.42 Å². The first-order chi connectivity index (χ1) is 10.9. The minimum absolute atomic E-state index is 0. The molecule has 2 aromatic heterocycles. The van der Waals surface area contributed by atoms with Gasteiger partial charge in [-0.05, 0) is 34.2 Å². The first-order valence-corrected chi connectivity index (χ1v) is 8.13. The van der Waals surface area contributed by atoms with E-state index in [1.54, 1.807) is 11.3 Å². The number of hydrogen-bond acceptors (Lipinski definition) is 4. The summed E-state index contributed by atoms with van der Waals surface area (Å²) in [7, 11) is 0. The lowest BCUT2D eigenvalue weighted by Gasteiger charge is -2.08. The molecule has 0 bridgehead atoms. The Labute approximate surface area is 137 Å². The standard InChI is InChI=1S/C18H14N2OS.H2O/c1-2-12-9-10-13-6-3-4-7-14(13)16(12)18-20-19-17(21-18)15-8-5-11-22-15;/h3-11H,2H2,1H3;1H2. The molecular formula is C18H16N2O2S. The monoisotopic (exact) mass is 324 g/mol. The summed E-state index contributed by atoms with van der Waals surface area (Å²) < 4.78 is 5.95. The normalized spacial score (nSPS) is 10.7. The second-order valence-electron chi connectivity index (χ2n) is 5.06. The number of aromatic nitrogens is 2. The number of nitrogens with zero attached hydrogens (tertiary/aromatic N) is 2. The van der Waals surface area contributed by atoms with Crippen molar-refractivity contribution in [2.45, 2.75) is 13.3 Å². The Balaban J connectivity index is 0.00000156. The molecule has 0 unspecified atom stereocenters. The number of rotatable bonds is 3. The molecule has 4 rings (SSSR count). The van der Waals surface area contributed by atoms with Gasteiger partial charge in [0.25, 0.3) is 5.89 Å². The molecule has 0 aliphatic heterocycles. The van der Waals surface area contributed by atoms with E-state index in [1.807, 2.05) is 29.6 Å². The molecule has 0 radical (unpaired) electrons. The number of aryl methyl sites for hydroxylation is 1. The van der Waals surface area contributed by atoms with Crippen molar-refractivity contribution in [3.05, 3.63) is 59.5 Å². The summed E-state index contributed by atoms with van der Waals surface area (Å²) in [6, 6.07) is 16.6. The number of fused-ring (bicyclic) bond motifs is 1. The van der Waals surface area contributed by atoms with Crippen LogP contribution in [0.3, 0.4) is 0 Å². The van der Waals surface area contributed by atoms with Crippen LogP contribution in [0.1, 0.15) is 12.5 Å². The minimum atomic E-state index is 0. The van der Waals surface area contributed by atoms with Crippen LogP contribution in [-0.2, 0) is 6.42 Å². The summed E-state index contributed by atoms with van der Waals surface area (Å²) in [5, 5.41) is 12.9. The maximum Gasteiger partial charge on any atom is 0.258 e. The Morgan fingerprint density at radius 1 is 0.957 bits per heavy atom. The molecule has 2 aromatic carbocycles. The molecule has 0 amide bonds. The molecule has 23 heavy (non-hydrogen) atoms. The van der Waals surface area contributed by atoms with Gasteiger partial charge in [-0.1, -0.05) is 49.4 Å². The van der Waals surface area contributed by atoms with Gasteiger partial charge in [-0.15, -0.1) is 21.5 Å². The summed E-state index contributed by atoms with van der Waals surface area (Å²) in [5.41, 5.74) is 2.27. The van der Waals surface area contributed by atoms with E-state index in [9.17, 15) is 0 Å². The molecule has 0 fully saturated rings. The van der Waals surface area contributed by atoms with Crippen LogP contribution in [0.5, 0.6) is 0 Å². The van der Waals surface area contributed by atoms with Crippen LogP contribution in [0.25, 0.3) is 33.0 Å². The van der Waals surface area contributed by atoms with Gasteiger partial charge in [0.2, 0.25) is 5.89 Å². The fraction of sp³-hybridized carbons (Fsp3) is 0.111. The molecule has 0 aliphatic rings. The zero-order valence-electron chi connectivity index (χ0n) is 12.6. The molecule has 0 saturated heterocycles. The van der Waals surface area contributed by atoms with E-state index < -0.39 is 0 Å². The van der Waals surface area contributed by atoms with Gasteiger partial charge in [0.15, 0.2) is 0 Å². The van der Waals surface area contributed by atoms with Crippen LogP contribution < -0.4 is 0 Å². The zero-order chi connectivity index (χ0) is 14.9. The van der Waals surface area contributed by atoms with Crippen molar-refractivity contribution in [1.82, 2.24) is 10.2 Å². The molecular weight excluding hydrogens is 308 g/mol. The third-order valence-corrected chi connectivity index (χ3v) is 4.62. The summed E-state index contributed by atoms with van der Waals surface area (Å²) in [6.45, 7) is 2.14. The number of hydrogen-bond donors (Lipinski definition) is 0. The number of thiophene rings is 1. The van der Waals surface area contributed by atoms with E-state index in [-0.39, 0.29) is 5.48 Å². The Kier molecular flexibility index (Phi) is 4.23. The molecule has 0 aliphatic carbocycles. The van der Waals surface area contributed by atoms with Crippen molar-refractivity contribution in [2.75, 3.05) is 0 Å². The Morgan fingerprint density at radius 2 is 1.78 bits per heavy atom. The largest absolute Gasteiger partial charge is 0.415 e. The van der Waals surface area contributed by atoms with Gasteiger partial charge >= 0.3 is 0 Å². The topological polar surface area (TPSA) is 70.4 Å². The average Bonchev–Trinajstić information content (AvgIpc) is 3.24. The smallest absolute Gasteiger partial charge is 0.258 e. The molecule has 4 aromatic rings. The quantitative estimate of drug-likeness (QED) is 0.562. The zero-order valence-corrected chi connectivity index (χ0v) is 13.4. The lowest BCUT2D eigenvalue weighted by molar-refractivity contribution is 0.586. The van der Waals surface area contributed by atoms with Crippen molar-refractivity contribution in [3.63, 3.8) is 0 Å². The van der Waals surface area contributed by atoms with Crippen LogP contribution in [0.15, 0.2) is 58.3 Å². The van der Waals surface area contributed by atoms with Crippen LogP contribution in [0.4, 0.5) is 0 Å². The summed E-state index contributed by atoms with van der Waals surface area (Å²) >= 11 is 1.60. The summed E-state index contributed by atoms with van der Waals surface area (Å²) in [5.74, 6) is 1.18. The Bertz CT molecular complexity index is 929.